The van der Waals surface area contributed by atoms with Gasteiger partial charge in [-0.25, -0.2) is 0 Å². The predicted molar refractivity (Wildman–Crippen MR) is 58.0 cm³/mol. The molecule has 1 unspecified atom stereocenters. The van der Waals surface area contributed by atoms with E-state index in [1.165, 1.54) is 0 Å². The van der Waals surface area contributed by atoms with Gasteiger partial charge in [0.05, 0.1) is 5.75 Å². The number of rotatable bonds is 6. The molecule has 0 spiro atoms. The summed E-state index contributed by atoms with van der Waals surface area (Å²) in [6.07, 6.45) is 0.315. The molecule has 0 aliphatic heterocycles. The Morgan fingerprint density at radius 3 is 2.47 bits per heavy atom. The third-order valence-electron chi connectivity index (χ3n) is 1.87. The van der Waals surface area contributed by atoms with E-state index in [1.807, 2.05) is 0 Å². The third kappa shape index (κ3) is 8.14. The van der Waals surface area contributed by atoms with Gasteiger partial charge in [0.15, 0.2) is 0 Å². The Kier molecular flexibility index (Phi) is 5.53. The van der Waals surface area contributed by atoms with E-state index in [1.54, 1.807) is 13.8 Å². The molecule has 2 N–H and O–H groups in total. The second-order valence-electron chi connectivity index (χ2n) is 3.67. The van der Waals surface area contributed by atoms with Gasteiger partial charge >= 0.3 is 0 Å². The molecular formula is C9H17NO4S. The molecule has 0 fully saturated rings. The first kappa shape index (κ1) is 14.1. The lowest BCUT2D eigenvalue weighted by Gasteiger charge is -2.11. The lowest BCUT2D eigenvalue weighted by Crippen LogP contribution is -2.29. The summed E-state index contributed by atoms with van der Waals surface area (Å²) in [5, 5.41) is 2.60. The molecule has 15 heavy (non-hydrogen) atoms. The van der Waals surface area contributed by atoms with E-state index in [2.05, 4.69) is 11.9 Å². The summed E-state index contributed by atoms with van der Waals surface area (Å²) in [4.78, 5) is 11.1. The Balaban J connectivity index is 3.81. The first-order chi connectivity index (χ1) is 6.72. The quantitative estimate of drug-likeness (QED) is 0.521. The molecule has 0 radical (unpaired) electrons. The van der Waals surface area contributed by atoms with Crippen LogP contribution in [0, 0.1) is 5.92 Å². The minimum absolute atomic E-state index is 0.00442. The zero-order valence-corrected chi connectivity index (χ0v) is 9.80. The van der Waals surface area contributed by atoms with Crippen LogP contribution < -0.4 is 5.32 Å². The van der Waals surface area contributed by atoms with Crippen LogP contribution in [-0.2, 0) is 14.9 Å². The van der Waals surface area contributed by atoms with Crippen molar-refractivity contribution in [2.45, 2.75) is 20.3 Å². The Hall–Kier alpha value is -0.880. The van der Waals surface area contributed by atoms with E-state index in [4.69, 9.17) is 4.55 Å². The molecule has 0 aliphatic rings. The van der Waals surface area contributed by atoms with Crippen LogP contribution in [0.25, 0.3) is 0 Å². The molecule has 6 heteroatoms. The molecule has 0 bridgehead atoms. The Morgan fingerprint density at radius 2 is 2.07 bits per heavy atom. The van der Waals surface area contributed by atoms with Gasteiger partial charge in [0.25, 0.3) is 10.1 Å². The van der Waals surface area contributed by atoms with Gasteiger partial charge in [-0.1, -0.05) is 13.5 Å². The highest BCUT2D eigenvalue weighted by Gasteiger charge is 2.10. The van der Waals surface area contributed by atoms with E-state index in [0.717, 1.165) is 0 Å². The maximum atomic E-state index is 11.1. The van der Waals surface area contributed by atoms with Crippen molar-refractivity contribution >= 4 is 16.0 Å². The highest BCUT2D eigenvalue weighted by atomic mass is 32.2. The van der Waals surface area contributed by atoms with Gasteiger partial charge in [-0.3, -0.25) is 9.35 Å². The largest absolute Gasteiger partial charge is 0.352 e. The average Bonchev–Trinajstić information content (AvgIpc) is 2.09. The highest BCUT2D eigenvalue weighted by Crippen LogP contribution is 2.02. The number of amides is 1. The minimum Gasteiger partial charge on any atom is -0.352 e. The first-order valence-corrected chi connectivity index (χ1v) is 6.22. The summed E-state index contributed by atoms with van der Waals surface area (Å²) in [6, 6.07) is 0. The van der Waals surface area contributed by atoms with Crippen LogP contribution >= 0.6 is 0 Å². The second-order valence-corrected chi connectivity index (χ2v) is 5.24. The normalized spacial score (nSPS) is 13.3. The van der Waals surface area contributed by atoms with Crippen LogP contribution in [0.15, 0.2) is 12.2 Å². The van der Waals surface area contributed by atoms with Gasteiger partial charge in [-0.2, -0.15) is 8.42 Å². The van der Waals surface area contributed by atoms with Crippen molar-refractivity contribution in [1.82, 2.24) is 5.32 Å². The Bertz CT molecular complexity index is 334. The fraction of sp³-hybridized carbons (Fsp3) is 0.667. The summed E-state index contributed by atoms with van der Waals surface area (Å²) in [7, 11) is -3.90. The average molecular weight is 235 g/mol. The fourth-order valence-corrected chi connectivity index (χ4v) is 1.57. The predicted octanol–water partition coefficient (Wildman–Crippen LogP) is 0.593. The van der Waals surface area contributed by atoms with Gasteiger partial charge in [0, 0.05) is 12.1 Å². The van der Waals surface area contributed by atoms with Crippen LogP contribution in [0.2, 0.25) is 0 Å². The van der Waals surface area contributed by atoms with Crippen LogP contribution in [0.1, 0.15) is 20.3 Å². The maximum absolute atomic E-state index is 11.1. The molecule has 1 atom stereocenters. The smallest absolute Gasteiger partial charge is 0.264 e. The molecule has 0 saturated carbocycles. The zero-order chi connectivity index (χ0) is 12.1. The van der Waals surface area contributed by atoms with Crippen molar-refractivity contribution in [3.63, 3.8) is 0 Å². The summed E-state index contributed by atoms with van der Waals surface area (Å²) in [5.41, 5.74) is 0.414. The van der Waals surface area contributed by atoms with E-state index in [0.29, 0.717) is 18.5 Å². The Labute approximate surface area is 90.3 Å². The van der Waals surface area contributed by atoms with Crippen LogP contribution in [0.3, 0.4) is 0 Å². The highest BCUT2D eigenvalue weighted by molar-refractivity contribution is 7.85. The molecule has 0 rings (SSSR count). The Morgan fingerprint density at radius 1 is 1.53 bits per heavy atom. The number of hydrogen-bond acceptors (Lipinski definition) is 3. The van der Waals surface area contributed by atoms with E-state index >= 15 is 0 Å². The van der Waals surface area contributed by atoms with Gasteiger partial charge in [-0.05, 0) is 19.3 Å². The second kappa shape index (κ2) is 5.87. The maximum Gasteiger partial charge on any atom is 0.264 e. The van der Waals surface area contributed by atoms with Crippen LogP contribution in [0.4, 0.5) is 0 Å². The molecule has 88 valence electrons. The molecule has 0 aromatic rings. The number of hydrogen-bond donors (Lipinski definition) is 2. The lowest BCUT2D eigenvalue weighted by molar-refractivity contribution is -0.117. The van der Waals surface area contributed by atoms with Gasteiger partial charge < -0.3 is 5.32 Å². The summed E-state index contributed by atoms with van der Waals surface area (Å²) in [6.45, 7) is 7.24. The van der Waals surface area contributed by atoms with Gasteiger partial charge in [-0.15, -0.1) is 0 Å². The van der Waals surface area contributed by atoms with Gasteiger partial charge in [0.2, 0.25) is 5.91 Å². The van der Waals surface area contributed by atoms with Crippen LogP contribution in [0.5, 0.6) is 0 Å². The minimum atomic E-state index is -3.90. The topological polar surface area (TPSA) is 83.5 Å². The first-order valence-electron chi connectivity index (χ1n) is 4.61. The summed E-state index contributed by atoms with van der Waals surface area (Å²) in [5.74, 6) is -0.527. The molecule has 0 aromatic heterocycles. The zero-order valence-electron chi connectivity index (χ0n) is 8.99. The standard InChI is InChI=1S/C9H17NO4S/c1-7(2)9(11)10-6-8(3)4-5-15(12,13)14/h8H,1,4-6H2,2-3H3,(H,10,11)(H,12,13,14). The number of carbonyl (C=O) groups excluding carboxylic acids is 1. The molecule has 0 aliphatic carbocycles. The van der Waals surface area contributed by atoms with Crippen molar-refractivity contribution in [3.8, 4) is 0 Å². The summed E-state index contributed by atoms with van der Waals surface area (Å²) >= 11 is 0. The molecule has 5 nitrogen and oxygen atoms in total. The number of carbonyl (C=O) groups is 1. The molecule has 1 amide bonds. The van der Waals surface area contributed by atoms with Crippen molar-refractivity contribution in [2.24, 2.45) is 5.92 Å². The molecule has 0 aromatic carbocycles. The SMILES string of the molecule is C=C(C)C(=O)NCC(C)CCS(=O)(=O)O. The van der Waals surface area contributed by atoms with Crippen molar-refractivity contribution in [3.05, 3.63) is 12.2 Å². The summed E-state index contributed by atoms with van der Waals surface area (Å²) < 4.78 is 29.4. The van der Waals surface area contributed by atoms with Crippen molar-refractivity contribution < 1.29 is 17.8 Å². The monoisotopic (exact) mass is 235 g/mol. The van der Waals surface area contributed by atoms with Crippen molar-refractivity contribution in [2.75, 3.05) is 12.3 Å². The molecular weight excluding hydrogens is 218 g/mol. The van der Waals surface area contributed by atoms with E-state index in [-0.39, 0.29) is 17.6 Å². The van der Waals surface area contributed by atoms with Crippen LogP contribution in [-0.4, -0.2) is 31.2 Å². The van der Waals surface area contributed by atoms with E-state index < -0.39 is 10.1 Å². The van der Waals surface area contributed by atoms with Gasteiger partial charge in [0.1, 0.15) is 0 Å². The van der Waals surface area contributed by atoms with Crippen molar-refractivity contribution in [1.29, 1.82) is 0 Å². The number of nitrogens with one attached hydrogen (secondary N) is 1. The third-order valence-corrected chi connectivity index (χ3v) is 2.62. The fourth-order valence-electron chi connectivity index (χ4n) is 0.870. The molecule has 0 heterocycles. The molecule has 0 saturated heterocycles. The van der Waals surface area contributed by atoms with E-state index in [9.17, 15) is 13.2 Å². The lowest BCUT2D eigenvalue weighted by atomic mass is 10.1.